The monoisotopic (exact) mass is 142 g/mol. The Morgan fingerprint density at radius 1 is 1.70 bits per heavy atom. The molecule has 3 N–H and O–H groups in total. The van der Waals surface area contributed by atoms with Crippen LogP contribution in [-0.2, 0) is 0 Å². The van der Waals surface area contributed by atoms with Crippen LogP contribution in [0.4, 0.5) is 0 Å². The summed E-state index contributed by atoms with van der Waals surface area (Å²) in [5.41, 5.74) is -0.470. The predicted molar refractivity (Wildman–Crippen MR) is 40.9 cm³/mol. The second kappa shape index (κ2) is 3.57. The van der Waals surface area contributed by atoms with Crippen LogP contribution in [0.15, 0.2) is 0 Å². The molecule has 0 saturated heterocycles. The van der Waals surface area contributed by atoms with E-state index >= 15 is 0 Å². The molecule has 0 aliphatic carbocycles. The zero-order chi connectivity index (χ0) is 8.20. The van der Waals surface area contributed by atoms with E-state index in [9.17, 15) is 0 Å². The number of hydrazine groups is 1. The Morgan fingerprint density at radius 2 is 2.20 bits per heavy atom. The lowest BCUT2D eigenvalue weighted by Gasteiger charge is -2.29. The average Bonchev–Trinajstić information content (AvgIpc) is 1.89. The first-order chi connectivity index (χ1) is 4.54. The summed E-state index contributed by atoms with van der Waals surface area (Å²) in [5, 5.41) is 9.94. The van der Waals surface area contributed by atoms with Gasteiger partial charge in [-0.1, -0.05) is 5.92 Å². The van der Waals surface area contributed by atoms with Crippen molar-refractivity contribution in [3.05, 3.63) is 0 Å². The largest absolute Gasteiger partial charge is 0.395 e. The van der Waals surface area contributed by atoms with E-state index < -0.39 is 5.54 Å². The minimum atomic E-state index is -0.470. The van der Waals surface area contributed by atoms with Gasteiger partial charge in [0, 0.05) is 6.54 Å². The Bertz CT molecular complexity index is 137. The van der Waals surface area contributed by atoms with Crippen LogP contribution in [-0.4, -0.2) is 28.8 Å². The summed E-state index contributed by atoms with van der Waals surface area (Å²) < 4.78 is 0. The molecule has 10 heavy (non-hydrogen) atoms. The van der Waals surface area contributed by atoms with E-state index in [-0.39, 0.29) is 6.61 Å². The van der Waals surface area contributed by atoms with E-state index in [1.165, 1.54) is 5.01 Å². The standard InChI is InChI=1S/C7H14N2O/c1-4-7(2,3)9(8)5-6-10/h1,10H,5-6,8H2,2-3H3. The van der Waals surface area contributed by atoms with Gasteiger partial charge in [-0.2, -0.15) is 0 Å². The third-order valence-electron chi connectivity index (χ3n) is 1.41. The molecule has 0 saturated carbocycles. The Hall–Kier alpha value is -0.560. The molecule has 3 heteroatoms. The van der Waals surface area contributed by atoms with Gasteiger partial charge in [0.25, 0.3) is 0 Å². The minimum absolute atomic E-state index is 0.0294. The molecule has 0 spiro atoms. The van der Waals surface area contributed by atoms with Crippen molar-refractivity contribution in [2.75, 3.05) is 13.2 Å². The molecule has 0 fully saturated rings. The number of β-amino-alcohol motifs (C(OH)–C–C–N with tert-alkyl or cyclic N) is 1. The fraction of sp³-hybridized carbons (Fsp3) is 0.714. The SMILES string of the molecule is C#CC(C)(C)N(N)CCO. The number of nitrogens with two attached hydrogens (primary N) is 1. The molecular formula is C7H14N2O. The van der Waals surface area contributed by atoms with Gasteiger partial charge < -0.3 is 5.11 Å². The van der Waals surface area contributed by atoms with Crippen LogP contribution >= 0.6 is 0 Å². The normalized spacial score (nSPS) is 11.6. The molecule has 0 radical (unpaired) electrons. The average molecular weight is 142 g/mol. The van der Waals surface area contributed by atoms with E-state index in [2.05, 4.69) is 5.92 Å². The maximum Gasteiger partial charge on any atom is 0.0896 e. The molecule has 0 aromatic rings. The van der Waals surface area contributed by atoms with Gasteiger partial charge >= 0.3 is 0 Å². The third-order valence-corrected chi connectivity index (χ3v) is 1.41. The Kier molecular flexibility index (Phi) is 3.37. The lowest BCUT2D eigenvalue weighted by Crippen LogP contribution is -2.49. The first-order valence-corrected chi connectivity index (χ1v) is 3.15. The van der Waals surface area contributed by atoms with Crippen LogP contribution in [0.3, 0.4) is 0 Å². The van der Waals surface area contributed by atoms with Crippen LogP contribution < -0.4 is 5.84 Å². The van der Waals surface area contributed by atoms with Crippen molar-refractivity contribution in [3.8, 4) is 12.3 Å². The molecule has 0 heterocycles. The molecule has 0 rings (SSSR count). The van der Waals surface area contributed by atoms with E-state index in [1.807, 2.05) is 13.8 Å². The topological polar surface area (TPSA) is 49.5 Å². The minimum Gasteiger partial charge on any atom is -0.395 e. The smallest absolute Gasteiger partial charge is 0.0896 e. The summed E-state index contributed by atoms with van der Waals surface area (Å²) in [6.45, 7) is 4.07. The van der Waals surface area contributed by atoms with Gasteiger partial charge in [0.15, 0.2) is 0 Å². The number of rotatable bonds is 3. The van der Waals surface area contributed by atoms with Crippen molar-refractivity contribution in [3.63, 3.8) is 0 Å². The molecule has 0 aromatic carbocycles. The fourth-order valence-electron chi connectivity index (χ4n) is 0.470. The molecule has 0 bridgehead atoms. The van der Waals surface area contributed by atoms with Crippen molar-refractivity contribution in [2.24, 2.45) is 5.84 Å². The molecule has 0 unspecified atom stereocenters. The maximum atomic E-state index is 8.51. The summed E-state index contributed by atoms with van der Waals surface area (Å²) in [6, 6.07) is 0. The number of terminal acetylenes is 1. The number of aliphatic hydroxyl groups is 1. The first kappa shape index (κ1) is 9.44. The second-order valence-electron chi connectivity index (χ2n) is 2.62. The van der Waals surface area contributed by atoms with Crippen LogP contribution in [0, 0.1) is 12.3 Å². The zero-order valence-corrected chi connectivity index (χ0v) is 6.46. The Labute approximate surface area is 61.8 Å². The second-order valence-corrected chi connectivity index (χ2v) is 2.62. The number of nitrogens with zero attached hydrogens (tertiary/aromatic N) is 1. The van der Waals surface area contributed by atoms with Crippen molar-refractivity contribution in [1.29, 1.82) is 0 Å². The molecule has 3 nitrogen and oxygen atoms in total. The van der Waals surface area contributed by atoms with Gasteiger partial charge in [0.2, 0.25) is 0 Å². The predicted octanol–water partition coefficient (Wildman–Crippen LogP) is -0.434. The van der Waals surface area contributed by atoms with Gasteiger partial charge in [-0.05, 0) is 13.8 Å². The number of hydrogen-bond acceptors (Lipinski definition) is 3. The highest BCUT2D eigenvalue weighted by Crippen LogP contribution is 2.06. The number of aliphatic hydroxyl groups excluding tert-OH is 1. The van der Waals surface area contributed by atoms with Crippen molar-refractivity contribution < 1.29 is 5.11 Å². The van der Waals surface area contributed by atoms with E-state index in [0.717, 1.165) is 0 Å². The van der Waals surface area contributed by atoms with Crippen LogP contribution in [0.1, 0.15) is 13.8 Å². The summed E-state index contributed by atoms with van der Waals surface area (Å²) in [6.07, 6.45) is 5.18. The molecule has 0 aromatic heterocycles. The van der Waals surface area contributed by atoms with Gasteiger partial charge in [-0.25, -0.2) is 5.01 Å². The van der Waals surface area contributed by atoms with Crippen LogP contribution in [0.25, 0.3) is 0 Å². The lowest BCUT2D eigenvalue weighted by atomic mass is 10.1. The highest BCUT2D eigenvalue weighted by atomic mass is 16.3. The molecule has 0 aliphatic heterocycles. The van der Waals surface area contributed by atoms with E-state index in [0.29, 0.717) is 6.54 Å². The van der Waals surface area contributed by atoms with E-state index in [4.69, 9.17) is 17.4 Å². The summed E-state index contributed by atoms with van der Waals surface area (Å²) >= 11 is 0. The first-order valence-electron chi connectivity index (χ1n) is 3.15. The van der Waals surface area contributed by atoms with Crippen molar-refractivity contribution >= 4 is 0 Å². The van der Waals surface area contributed by atoms with Crippen molar-refractivity contribution in [1.82, 2.24) is 5.01 Å². The molecule has 0 aliphatic rings. The van der Waals surface area contributed by atoms with Gasteiger partial charge in [0.05, 0.1) is 12.1 Å². The maximum absolute atomic E-state index is 8.51. The quantitative estimate of drug-likeness (QED) is 0.319. The highest BCUT2D eigenvalue weighted by molar-refractivity contribution is 5.07. The lowest BCUT2D eigenvalue weighted by molar-refractivity contribution is 0.132. The Morgan fingerprint density at radius 3 is 2.50 bits per heavy atom. The molecule has 58 valence electrons. The number of hydrogen-bond donors (Lipinski definition) is 2. The molecule has 0 amide bonds. The molecule has 0 atom stereocenters. The van der Waals surface area contributed by atoms with Gasteiger partial charge in [0.1, 0.15) is 0 Å². The summed E-state index contributed by atoms with van der Waals surface area (Å²) in [7, 11) is 0. The highest BCUT2D eigenvalue weighted by Gasteiger charge is 2.19. The third kappa shape index (κ3) is 2.36. The zero-order valence-electron chi connectivity index (χ0n) is 6.46. The van der Waals surface area contributed by atoms with E-state index in [1.54, 1.807) is 0 Å². The van der Waals surface area contributed by atoms with Gasteiger partial charge in [-0.15, -0.1) is 6.42 Å². The van der Waals surface area contributed by atoms with Gasteiger partial charge in [-0.3, -0.25) is 5.84 Å². The van der Waals surface area contributed by atoms with Crippen molar-refractivity contribution in [2.45, 2.75) is 19.4 Å². The van der Waals surface area contributed by atoms with Crippen LogP contribution in [0.2, 0.25) is 0 Å². The summed E-state index contributed by atoms with van der Waals surface area (Å²) in [4.78, 5) is 0. The Balaban J connectivity index is 3.94. The summed E-state index contributed by atoms with van der Waals surface area (Å²) in [5.74, 6) is 8.02. The fourth-order valence-corrected chi connectivity index (χ4v) is 0.470. The molecular weight excluding hydrogens is 128 g/mol. The van der Waals surface area contributed by atoms with Crippen LogP contribution in [0.5, 0.6) is 0 Å².